The van der Waals surface area contributed by atoms with Crippen LogP contribution in [0.25, 0.3) is 0 Å². The summed E-state index contributed by atoms with van der Waals surface area (Å²) in [4.78, 5) is 15.8. The van der Waals surface area contributed by atoms with E-state index >= 15 is 0 Å². The van der Waals surface area contributed by atoms with Crippen LogP contribution in [-0.4, -0.2) is 23.8 Å². The molecule has 2 aromatic carbocycles. The molecular weight excluding hydrogens is 410 g/mol. The predicted octanol–water partition coefficient (Wildman–Crippen LogP) is 4.93. The van der Waals surface area contributed by atoms with E-state index in [0.29, 0.717) is 34.8 Å². The molecule has 0 aliphatic carbocycles. The van der Waals surface area contributed by atoms with Gasteiger partial charge in [-0.1, -0.05) is 41.9 Å². The molecule has 0 aliphatic heterocycles. The standard InChI is InChI=1S/C21H20ClN3O3S/c1-2-27-20(26)11-17-14-29-21(24-17)25-23-12-16-8-9-19(18(22)10-16)28-13-15-6-4-3-5-7-15/h3-10,12,14H,2,11,13H2,1H3,(H,24,25)/b23-12-. The van der Waals surface area contributed by atoms with Crippen LogP contribution in [0.3, 0.4) is 0 Å². The maximum Gasteiger partial charge on any atom is 0.311 e. The Bertz CT molecular complexity index is 976. The van der Waals surface area contributed by atoms with Crippen LogP contribution in [0, 0.1) is 0 Å². The topological polar surface area (TPSA) is 72.8 Å². The smallest absolute Gasteiger partial charge is 0.311 e. The van der Waals surface area contributed by atoms with Crippen molar-refractivity contribution in [2.45, 2.75) is 20.0 Å². The quantitative estimate of drug-likeness (QED) is 0.296. The Kier molecular flexibility index (Phi) is 7.61. The molecule has 0 bridgehead atoms. The molecule has 1 aromatic heterocycles. The number of carbonyl (C=O) groups is 1. The molecule has 150 valence electrons. The highest BCUT2D eigenvalue weighted by atomic mass is 35.5. The summed E-state index contributed by atoms with van der Waals surface area (Å²) in [6, 6.07) is 15.4. The number of rotatable bonds is 9. The van der Waals surface area contributed by atoms with Gasteiger partial charge in [0.1, 0.15) is 12.4 Å². The fourth-order valence-corrected chi connectivity index (χ4v) is 3.31. The summed E-state index contributed by atoms with van der Waals surface area (Å²) >= 11 is 7.67. The zero-order valence-electron chi connectivity index (χ0n) is 15.8. The number of carbonyl (C=O) groups excluding carboxylic acids is 1. The zero-order valence-corrected chi connectivity index (χ0v) is 17.4. The molecule has 1 heterocycles. The maximum absolute atomic E-state index is 11.5. The first-order valence-electron chi connectivity index (χ1n) is 8.99. The third kappa shape index (κ3) is 6.58. The number of ether oxygens (including phenoxy) is 2. The van der Waals surface area contributed by atoms with Crippen LogP contribution in [-0.2, 0) is 22.6 Å². The van der Waals surface area contributed by atoms with Gasteiger partial charge in [-0.2, -0.15) is 5.10 Å². The number of nitrogens with zero attached hydrogens (tertiary/aromatic N) is 2. The molecule has 0 saturated heterocycles. The Hall–Kier alpha value is -2.90. The summed E-state index contributed by atoms with van der Waals surface area (Å²) in [6.07, 6.45) is 1.79. The fourth-order valence-electron chi connectivity index (χ4n) is 2.41. The molecule has 0 radical (unpaired) electrons. The summed E-state index contributed by atoms with van der Waals surface area (Å²) in [5.41, 5.74) is 5.39. The molecular formula is C21H20ClN3O3S. The van der Waals surface area contributed by atoms with Crippen molar-refractivity contribution in [2.24, 2.45) is 5.10 Å². The van der Waals surface area contributed by atoms with Crippen LogP contribution in [0.15, 0.2) is 59.0 Å². The first-order valence-corrected chi connectivity index (χ1v) is 10.2. The third-order valence-corrected chi connectivity index (χ3v) is 4.84. The highest BCUT2D eigenvalue weighted by molar-refractivity contribution is 7.13. The van der Waals surface area contributed by atoms with Gasteiger partial charge in [0.25, 0.3) is 0 Å². The largest absolute Gasteiger partial charge is 0.487 e. The number of anilines is 1. The van der Waals surface area contributed by atoms with Gasteiger partial charge in [0.2, 0.25) is 5.13 Å². The van der Waals surface area contributed by atoms with Gasteiger partial charge in [-0.25, -0.2) is 4.98 Å². The van der Waals surface area contributed by atoms with Crippen molar-refractivity contribution in [2.75, 3.05) is 12.0 Å². The lowest BCUT2D eigenvalue weighted by Crippen LogP contribution is -2.07. The average Bonchev–Trinajstić information content (AvgIpc) is 3.15. The van der Waals surface area contributed by atoms with Crippen molar-refractivity contribution in [1.29, 1.82) is 0 Å². The monoisotopic (exact) mass is 429 g/mol. The molecule has 0 amide bonds. The second-order valence-corrected chi connectivity index (χ2v) is 7.23. The molecule has 0 fully saturated rings. The molecule has 0 saturated carbocycles. The van der Waals surface area contributed by atoms with Crippen molar-refractivity contribution in [3.05, 3.63) is 75.8 Å². The SMILES string of the molecule is CCOC(=O)Cc1csc(N/N=C\c2ccc(OCc3ccccc3)c(Cl)c2)n1. The minimum Gasteiger partial charge on any atom is -0.487 e. The van der Waals surface area contributed by atoms with E-state index in [1.165, 1.54) is 11.3 Å². The van der Waals surface area contributed by atoms with Gasteiger partial charge in [0, 0.05) is 5.38 Å². The zero-order chi connectivity index (χ0) is 20.5. The molecule has 1 N–H and O–H groups in total. The number of esters is 1. The minimum absolute atomic E-state index is 0.149. The summed E-state index contributed by atoms with van der Waals surface area (Å²) in [6.45, 7) is 2.58. The lowest BCUT2D eigenvalue weighted by Gasteiger charge is -2.08. The van der Waals surface area contributed by atoms with Gasteiger partial charge in [-0.05, 0) is 36.2 Å². The molecule has 6 nitrogen and oxygen atoms in total. The number of aromatic nitrogens is 1. The van der Waals surface area contributed by atoms with Gasteiger partial charge < -0.3 is 9.47 Å². The number of hydrogen-bond donors (Lipinski definition) is 1. The normalized spacial score (nSPS) is 10.8. The van der Waals surface area contributed by atoms with Gasteiger partial charge in [-0.15, -0.1) is 11.3 Å². The predicted molar refractivity (Wildman–Crippen MR) is 116 cm³/mol. The van der Waals surface area contributed by atoms with E-state index in [1.54, 1.807) is 24.6 Å². The Morgan fingerprint density at radius 1 is 1.28 bits per heavy atom. The first-order chi connectivity index (χ1) is 14.1. The molecule has 3 rings (SSSR count). The van der Waals surface area contributed by atoms with Gasteiger partial charge in [0.05, 0.1) is 30.0 Å². The molecule has 8 heteroatoms. The van der Waals surface area contributed by atoms with Crippen molar-refractivity contribution in [1.82, 2.24) is 4.98 Å². The summed E-state index contributed by atoms with van der Waals surface area (Å²) in [5.74, 6) is 0.321. The van der Waals surface area contributed by atoms with Crippen molar-refractivity contribution >= 4 is 40.3 Å². The van der Waals surface area contributed by atoms with Gasteiger partial charge >= 0.3 is 5.97 Å². The summed E-state index contributed by atoms with van der Waals surface area (Å²) in [5, 5.41) is 7.06. The lowest BCUT2D eigenvalue weighted by atomic mass is 10.2. The fraction of sp³-hybridized carbons (Fsp3) is 0.190. The van der Waals surface area contributed by atoms with E-state index in [4.69, 9.17) is 21.1 Å². The average molecular weight is 430 g/mol. The highest BCUT2D eigenvalue weighted by Gasteiger charge is 2.08. The second kappa shape index (κ2) is 10.6. The maximum atomic E-state index is 11.5. The van der Waals surface area contributed by atoms with Gasteiger partial charge in [-0.3, -0.25) is 10.2 Å². The van der Waals surface area contributed by atoms with Crippen molar-refractivity contribution < 1.29 is 14.3 Å². The summed E-state index contributed by atoms with van der Waals surface area (Å²) < 4.78 is 10.7. The molecule has 0 aliphatic rings. The van der Waals surface area contributed by atoms with Crippen LogP contribution in [0.4, 0.5) is 5.13 Å². The molecule has 0 atom stereocenters. The highest BCUT2D eigenvalue weighted by Crippen LogP contribution is 2.26. The Balaban J connectivity index is 1.52. The van der Waals surface area contributed by atoms with Crippen LogP contribution in [0.1, 0.15) is 23.7 Å². The number of nitrogens with one attached hydrogen (secondary N) is 1. The second-order valence-electron chi connectivity index (χ2n) is 5.96. The van der Waals surface area contributed by atoms with Crippen molar-refractivity contribution in [3.63, 3.8) is 0 Å². The van der Waals surface area contributed by atoms with Crippen LogP contribution in [0.2, 0.25) is 5.02 Å². The lowest BCUT2D eigenvalue weighted by molar-refractivity contribution is -0.142. The van der Waals surface area contributed by atoms with E-state index in [9.17, 15) is 4.79 Å². The van der Waals surface area contributed by atoms with Crippen LogP contribution >= 0.6 is 22.9 Å². The number of hydrazone groups is 1. The van der Waals surface area contributed by atoms with Crippen LogP contribution < -0.4 is 10.2 Å². The third-order valence-electron chi connectivity index (χ3n) is 3.75. The number of hydrogen-bond acceptors (Lipinski definition) is 7. The number of benzene rings is 2. The van der Waals surface area contributed by atoms with E-state index in [0.717, 1.165) is 11.1 Å². The van der Waals surface area contributed by atoms with Crippen LogP contribution in [0.5, 0.6) is 5.75 Å². The van der Waals surface area contributed by atoms with E-state index in [2.05, 4.69) is 15.5 Å². The number of halogens is 1. The Labute approximate surface area is 178 Å². The molecule has 3 aromatic rings. The van der Waals surface area contributed by atoms with E-state index in [1.807, 2.05) is 42.5 Å². The minimum atomic E-state index is -0.294. The summed E-state index contributed by atoms with van der Waals surface area (Å²) in [7, 11) is 0. The van der Waals surface area contributed by atoms with E-state index < -0.39 is 0 Å². The van der Waals surface area contributed by atoms with Crippen molar-refractivity contribution in [3.8, 4) is 5.75 Å². The molecule has 0 spiro atoms. The first kappa shape index (κ1) is 20.8. The Morgan fingerprint density at radius 3 is 2.86 bits per heavy atom. The Morgan fingerprint density at radius 2 is 2.10 bits per heavy atom. The molecule has 29 heavy (non-hydrogen) atoms. The molecule has 0 unspecified atom stereocenters. The van der Waals surface area contributed by atoms with E-state index in [-0.39, 0.29) is 12.4 Å². The van der Waals surface area contributed by atoms with Gasteiger partial charge in [0.15, 0.2) is 0 Å². The number of thiazole rings is 1.